The van der Waals surface area contributed by atoms with Gasteiger partial charge < -0.3 is 10.4 Å². The van der Waals surface area contributed by atoms with Crippen molar-refractivity contribution >= 4 is 0 Å². The van der Waals surface area contributed by atoms with Crippen molar-refractivity contribution in [2.24, 2.45) is 0 Å². The fourth-order valence-electron chi connectivity index (χ4n) is 0.730. The molecule has 10 heavy (non-hydrogen) atoms. The van der Waals surface area contributed by atoms with Crippen LogP contribution in [0.5, 0.6) is 0 Å². The Bertz CT molecular complexity index is 189. The predicted molar refractivity (Wildman–Crippen MR) is 41.2 cm³/mol. The van der Waals surface area contributed by atoms with Crippen LogP contribution >= 0.6 is 0 Å². The van der Waals surface area contributed by atoms with Gasteiger partial charge in [-0.25, -0.2) is 0 Å². The second-order valence-electron chi connectivity index (χ2n) is 2.21. The number of rotatable bonds is 1. The summed E-state index contributed by atoms with van der Waals surface area (Å²) in [6.45, 7) is 1.74. The van der Waals surface area contributed by atoms with E-state index in [1.807, 2.05) is 24.4 Å². The fraction of sp³-hybridized carbons (Fsp3) is 0.250. The first-order valence-corrected chi connectivity index (χ1v) is 3.28. The molecular formula is C8H11NO. The SMILES string of the molecule is CC(O)C1=CNC=CC=C1. The lowest BCUT2D eigenvalue weighted by molar-refractivity contribution is 0.235. The van der Waals surface area contributed by atoms with Gasteiger partial charge in [0.25, 0.3) is 0 Å². The fourth-order valence-corrected chi connectivity index (χ4v) is 0.730. The third-order valence-corrected chi connectivity index (χ3v) is 1.32. The lowest BCUT2D eigenvalue weighted by Crippen LogP contribution is -2.05. The van der Waals surface area contributed by atoms with Crippen LogP contribution in [-0.4, -0.2) is 11.2 Å². The molecule has 0 bridgehead atoms. The highest BCUT2D eigenvalue weighted by atomic mass is 16.3. The van der Waals surface area contributed by atoms with Crippen LogP contribution in [-0.2, 0) is 0 Å². The maximum atomic E-state index is 9.11. The average Bonchev–Trinajstić information content (AvgIpc) is 2.12. The number of nitrogens with one attached hydrogen (secondary N) is 1. The summed E-state index contributed by atoms with van der Waals surface area (Å²) in [6.07, 6.45) is 8.84. The van der Waals surface area contributed by atoms with E-state index < -0.39 is 6.10 Å². The van der Waals surface area contributed by atoms with Gasteiger partial charge in [0.15, 0.2) is 0 Å². The number of aliphatic hydroxyl groups is 1. The van der Waals surface area contributed by atoms with Crippen LogP contribution in [0.4, 0.5) is 0 Å². The number of hydrogen-bond donors (Lipinski definition) is 2. The Morgan fingerprint density at radius 3 is 3.00 bits per heavy atom. The summed E-state index contributed by atoms with van der Waals surface area (Å²) in [5.41, 5.74) is 0.894. The van der Waals surface area contributed by atoms with E-state index >= 15 is 0 Å². The van der Waals surface area contributed by atoms with Gasteiger partial charge in [0.1, 0.15) is 0 Å². The topological polar surface area (TPSA) is 32.3 Å². The number of allylic oxidation sites excluding steroid dienone is 2. The molecule has 0 aromatic heterocycles. The second-order valence-corrected chi connectivity index (χ2v) is 2.21. The van der Waals surface area contributed by atoms with Crippen LogP contribution in [0.2, 0.25) is 0 Å². The first-order chi connectivity index (χ1) is 4.80. The van der Waals surface area contributed by atoms with Gasteiger partial charge in [-0.05, 0) is 18.6 Å². The minimum atomic E-state index is -0.399. The van der Waals surface area contributed by atoms with E-state index in [0.29, 0.717) is 0 Å². The monoisotopic (exact) mass is 137 g/mol. The van der Waals surface area contributed by atoms with E-state index in [4.69, 9.17) is 5.11 Å². The molecule has 0 spiro atoms. The zero-order chi connectivity index (χ0) is 7.40. The average molecular weight is 137 g/mol. The minimum absolute atomic E-state index is 0.399. The summed E-state index contributed by atoms with van der Waals surface area (Å²) in [7, 11) is 0. The van der Waals surface area contributed by atoms with E-state index in [2.05, 4.69) is 5.32 Å². The molecule has 1 unspecified atom stereocenters. The maximum absolute atomic E-state index is 9.11. The van der Waals surface area contributed by atoms with E-state index in [1.54, 1.807) is 13.1 Å². The molecular weight excluding hydrogens is 126 g/mol. The largest absolute Gasteiger partial charge is 0.389 e. The van der Waals surface area contributed by atoms with Crippen molar-refractivity contribution < 1.29 is 5.11 Å². The number of aliphatic hydroxyl groups excluding tert-OH is 1. The summed E-state index contributed by atoms with van der Waals surface area (Å²) in [5.74, 6) is 0. The quantitative estimate of drug-likeness (QED) is 0.563. The standard InChI is InChI=1S/C8H11NO/c1-7(10)8-4-2-3-5-9-6-8/h2-7,9-10H,1H3. The van der Waals surface area contributed by atoms with Crippen LogP contribution in [0.1, 0.15) is 6.92 Å². The summed E-state index contributed by atoms with van der Waals surface area (Å²) in [6, 6.07) is 0. The predicted octanol–water partition coefficient (Wildman–Crippen LogP) is 0.924. The van der Waals surface area contributed by atoms with Gasteiger partial charge in [0, 0.05) is 12.4 Å². The van der Waals surface area contributed by atoms with Crippen LogP contribution in [0.15, 0.2) is 36.2 Å². The van der Waals surface area contributed by atoms with Crippen LogP contribution in [0.3, 0.4) is 0 Å². The van der Waals surface area contributed by atoms with Gasteiger partial charge in [-0.2, -0.15) is 0 Å². The normalized spacial score (nSPS) is 19.2. The molecule has 0 radical (unpaired) electrons. The summed E-state index contributed by atoms with van der Waals surface area (Å²) in [5, 5.41) is 12.0. The van der Waals surface area contributed by atoms with Gasteiger partial charge in [0.2, 0.25) is 0 Å². The van der Waals surface area contributed by atoms with Crippen LogP contribution in [0, 0.1) is 0 Å². The molecule has 54 valence electrons. The van der Waals surface area contributed by atoms with Gasteiger partial charge >= 0.3 is 0 Å². The molecule has 0 aromatic carbocycles. The molecule has 1 rings (SSSR count). The van der Waals surface area contributed by atoms with Crippen molar-refractivity contribution in [3.8, 4) is 0 Å². The highest BCUT2D eigenvalue weighted by molar-refractivity contribution is 5.27. The van der Waals surface area contributed by atoms with Crippen molar-refractivity contribution in [2.45, 2.75) is 13.0 Å². The molecule has 2 heteroatoms. The Labute approximate surface area is 60.6 Å². The highest BCUT2D eigenvalue weighted by Crippen LogP contribution is 2.03. The van der Waals surface area contributed by atoms with Gasteiger partial charge in [-0.1, -0.05) is 12.2 Å². The molecule has 0 aromatic rings. The molecule has 1 aliphatic rings. The van der Waals surface area contributed by atoms with E-state index in [0.717, 1.165) is 5.57 Å². The summed E-state index contributed by atoms with van der Waals surface area (Å²) in [4.78, 5) is 0. The molecule has 1 atom stereocenters. The molecule has 2 N–H and O–H groups in total. The highest BCUT2D eigenvalue weighted by Gasteiger charge is 1.99. The van der Waals surface area contributed by atoms with Crippen LogP contribution in [0.25, 0.3) is 0 Å². The first-order valence-electron chi connectivity index (χ1n) is 3.28. The molecule has 0 saturated carbocycles. The maximum Gasteiger partial charge on any atom is 0.0775 e. The molecule has 0 aliphatic carbocycles. The molecule has 0 saturated heterocycles. The molecule has 1 heterocycles. The second kappa shape index (κ2) is 3.22. The Morgan fingerprint density at radius 1 is 1.50 bits per heavy atom. The Kier molecular flexibility index (Phi) is 2.29. The van der Waals surface area contributed by atoms with Crippen molar-refractivity contribution in [3.05, 3.63) is 36.2 Å². The van der Waals surface area contributed by atoms with E-state index in [-0.39, 0.29) is 0 Å². The number of hydrogen-bond acceptors (Lipinski definition) is 2. The molecule has 0 amide bonds. The zero-order valence-electron chi connectivity index (χ0n) is 5.91. The van der Waals surface area contributed by atoms with Crippen molar-refractivity contribution in [2.75, 3.05) is 0 Å². The first kappa shape index (κ1) is 7.09. The van der Waals surface area contributed by atoms with Crippen molar-refractivity contribution in [1.82, 2.24) is 5.32 Å². The lowest BCUT2D eigenvalue weighted by Gasteiger charge is -2.02. The van der Waals surface area contributed by atoms with Gasteiger partial charge in [-0.15, -0.1) is 0 Å². The molecule has 0 fully saturated rings. The van der Waals surface area contributed by atoms with E-state index in [9.17, 15) is 0 Å². The molecule has 1 aliphatic heterocycles. The Balaban J connectivity index is 2.69. The Hall–Kier alpha value is -1.02. The van der Waals surface area contributed by atoms with Gasteiger partial charge in [0.05, 0.1) is 6.10 Å². The van der Waals surface area contributed by atoms with E-state index in [1.165, 1.54) is 0 Å². The van der Waals surface area contributed by atoms with Gasteiger partial charge in [-0.3, -0.25) is 0 Å². The summed E-state index contributed by atoms with van der Waals surface area (Å²) < 4.78 is 0. The van der Waals surface area contributed by atoms with Crippen molar-refractivity contribution in [1.29, 1.82) is 0 Å². The summed E-state index contributed by atoms with van der Waals surface area (Å²) >= 11 is 0. The molecule has 2 nitrogen and oxygen atoms in total. The minimum Gasteiger partial charge on any atom is -0.389 e. The van der Waals surface area contributed by atoms with Crippen LogP contribution < -0.4 is 5.32 Å². The lowest BCUT2D eigenvalue weighted by atomic mass is 10.2. The zero-order valence-corrected chi connectivity index (χ0v) is 5.91. The smallest absolute Gasteiger partial charge is 0.0775 e. The third kappa shape index (κ3) is 1.74. The van der Waals surface area contributed by atoms with Crippen molar-refractivity contribution in [3.63, 3.8) is 0 Å². The Morgan fingerprint density at radius 2 is 2.30 bits per heavy atom. The third-order valence-electron chi connectivity index (χ3n) is 1.32.